The van der Waals surface area contributed by atoms with Gasteiger partial charge in [0.15, 0.2) is 0 Å². The van der Waals surface area contributed by atoms with Crippen LogP contribution in [0.5, 0.6) is 6.01 Å². The van der Waals surface area contributed by atoms with Crippen molar-refractivity contribution in [2.75, 3.05) is 6.61 Å². The molecule has 2 rings (SSSR count). The molecule has 0 unspecified atom stereocenters. The molecular weight excluding hydrogens is 190 g/mol. The fourth-order valence-electron chi connectivity index (χ4n) is 2.03. The molecule has 1 aliphatic carbocycles. The highest BCUT2D eigenvalue weighted by Gasteiger charge is 2.13. The van der Waals surface area contributed by atoms with E-state index in [1.54, 1.807) is 0 Å². The largest absolute Gasteiger partial charge is 0.463 e. The molecule has 0 N–H and O–H groups in total. The Morgan fingerprint density at radius 1 is 1.07 bits per heavy atom. The van der Waals surface area contributed by atoms with Crippen molar-refractivity contribution in [1.82, 2.24) is 15.0 Å². The zero-order valence-corrected chi connectivity index (χ0v) is 8.93. The summed E-state index contributed by atoms with van der Waals surface area (Å²) in [5.41, 5.74) is 0. The first-order valence-corrected chi connectivity index (χ1v) is 5.70. The van der Waals surface area contributed by atoms with Gasteiger partial charge in [-0.1, -0.05) is 25.7 Å². The quantitative estimate of drug-likeness (QED) is 0.713. The predicted molar refractivity (Wildman–Crippen MR) is 56.5 cm³/mol. The number of ether oxygens (including phenoxy) is 1. The maximum Gasteiger partial charge on any atom is 0.319 e. The van der Waals surface area contributed by atoms with Crippen LogP contribution in [0.4, 0.5) is 0 Å². The Kier molecular flexibility index (Phi) is 3.88. The summed E-state index contributed by atoms with van der Waals surface area (Å²) in [7, 11) is 0. The lowest BCUT2D eigenvalue weighted by molar-refractivity contribution is 0.217. The molecule has 1 fully saturated rings. The lowest BCUT2D eigenvalue weighted by Crippen LogP contribution is -2.12. The van der Waals surface area contributed by atoms with Crippen molar-refractivity contribution in [2.24, 2.45) is 5.92 Å². The van der Waals surface area contributed by atoms with Crippen molar-refractivity contribution in [2.45, 2.75) is 38.5 Å². The van der Waals surface area contributed by atoms with Gasteiger partial charge in [-0.2, -0.15) is 9.97 Å². The van der Waals surface area contributed by atoms with Gasteiger partial charge in [-0.15, -0.1) is 0 Å². The summed E-state index contributed by atoms with van der Waals surface area (Å²) < 4.78 is 5.54. The van der Waals surface area contributed by atoms with E-state index >= 15 is 0 Å². The molecule has 0 radical (unpaired) electrons. The van der Waals surface area contributed by atoms with Crippen LogP contribution in [-0.4, -0.2) is 21.6 Å². The van der Waals surface area contributed by atoms with Gasteiger partial charge in [-0.05, 0) is 18.8 Å². The van der Waals surface area contributed by atoms with Gasteiger partial charge in [0.1, 0.15) is 12.7 Å². The van der Waals surface area contributed by atoms with Crippen molar-refractivity contribution in [3.8, 4) is 6.01 Å². The Labute approximate surface area is 90.1 Å². The fourth-order valence-corrected chi connectivity index (χ4v) is 2.03. The molecule has 82 valence electrons. The minimum absolute atomic E-state index is 0.453. The second kappa shape index (κ2) is 5.63. The first-order valence-electron chi connectivity index (χ1n) is 5.70. The maximum absolute atomic E-state index is 5.54. The second-order valence-corrected chi connectivity index (χ2v) is 4.09. The highest BCUT2D eigenvalue weighted by Crippen LogP contribution is 2.22. The maximum atomic E-state index is 5.54. The molecule has 0 amide bonds. The summed E-state index contributed by atoms with van der Waals surface area (Å²) in [6.45, 7) is 0.754. The van der Waals surface area contributed by atoms with Crippen molar-refractivity contribution < 1.29 is 4.74 Å². The molecule has 0 saturated heterocycles. The van der Waals surface area contributed by atoms with Gasteiger partial charge < -0.3 is 4.74 Å². The Morgan fingerprint density at radius 2 is 1.73 bits per heavy atom. The van der Waals surface area contributed by atoms with Gasteiger partial charge in [0, 0.05) is 0 Å². The van der Waals surface area contributed by atoms with Crippen LogP contribution in [0.1, 0.15) is 38.5 Å². The lowest BCUT2D eigenvalue weighted by Gasteiger charge is -2.13. The Bertz CT molecular complexity index is 270. The summed E-state index contributed by atoms with van der Waals surface area (Å²) in [5.74, 6) is 0.685. The first-order chi connectivity index (χ1) is 7.45. The predicted octanol–water partition coefficient (Wildman–Crippen LogP) is 2.22. The van der Waals surface area contributed by atoms with E-state index in [0.717, 1.165) is 6.61 Å². The monoisotopic (exact) mass is 207 g/mol. The van der Waals surface area contributed by atoms with Crippen molar-refractivity contribution >= 4 is 0 Å². The van der Waals surface area contributed by atoms with Gasteiger partial charge in [-0.25, -0.2) is 4.98 Å². The molecule has 1 aromatic heterocycles. The van der Waals surface area contributed by atoms with E-state index in [1.165, 1.54) is 51.2 Å². The van der Waals surface area contributed by atoms with Crippen molar-refractivity contribution in [1.29, 1.82) is 0 Å². The highest BCUT2D eigenvalue weighted by atomic mass is 16.5. The van der Waals surface area contributed by atoms with Crippen LogP contribution in [-0.2, 0) is 0 Å². The lowest BCUT2D eigenvalue weighted by atomic mass is 10.0. The summed E-state index contributed by atoms with van der Waals surface area (Å²) in [5, 5.41) is 0. The van der Waals surface area contributed by atoms with E-state index in [0.29, 0.717) is 11.9 Å². The van der Waals surface area contributed by atoms with Gasteiger partial charge >= 0.3 is 6.01 Å². The van der Waals surface area contributed by atoms with Crippen LogP contribution in [0.25, 0.3) is 0 Å². The van der Waals surface area contributed by atoms with E-state index in [2.05, 4.69) is 15.0 Å². The van der Waals surface area contributed by atoms with Gasteiger partial charge in [-0.3, -0.25) is 0 Å². The van der Waals surface area contributed by atoms with Crippen LogP contribution in [0.2, 0.25) is 0 Å². The number of nitrogens with zero attached hydrogens (tertiary/aromatic N) is 3. The van der Waals surface area contributed by atoms with Gasteiger partial charge in [0.05, 0.1) is 6.61 Å². The average molecular weight is 207 g/mol. The summed E-state index contributed by atoms with van der Waals surface area (Å²) in [6, 6.07) is 0.453. The van der Waals surface area contributed by atoms with E-state index in [4.69, 9.17) is 4.74 Å². The third-order valence-electron chi connectivity index (χ3n) is 2.89. The Morgan fingerprint density at radius 3 is 2.40 bits per heavy atom. The zero-order chi connectivity index (χ0) is 10.3. The SMILES string of the molecule is c1ncnc(OCC2CCCCCC2)n1. The molecule has 1 saturated carbocycles. The average Bonchev–Trinajstić information content (AvgIpc) is 2.56. The zero-order valence-electron chi connectivity index (χ0n) is 8.93. The minimum atomic E-state index is 0.453. The van der Waals surface area contributed by atoms with E-state index < -0.39 is 0 Å². The molecule has 0 aliphatic heterocycles. The number of hydrogen-bond donors (Lipinski definition) is 0. The molecule has 4 heteroatoms. The third kappa shape index (κ3) is 3.46. The summed E-state index contributed by atoms with van der Waals surface area (Å²) in [6.07, 6.45) is 10.9. The van der Waals surface area contributed by atoms with Crippen LogP contribution >= 0.6 is 0 Å². The van der Waals surface area contributed by atoms with Gasteiger partial charge in [0.2, 0.25) is 0 Å². The normalized spacial score (nSPS) is 18.4. The topological polar surface area (TPSA) is 47.9 Å². The summed E-state index contributed by atoms with van der Waals surface area (Å²) >= 11 is 0. The molecular formula is C11H17N3O. The summed E-state index contributed by atoms with van der Waals surface area (Å²) in [4.78, 5) is 11.6. The van der Waals surface area contributed by atoms with Crippen LogP contribution in [0.3, 0.4) is 0 Å². The number of hydrogen-bond acceptors (Lipinski definition) is 4. The molecule has 1 aromatic rings. The number of rotatable bonds is 3. The van der Waals surface area contributed by atoms with Crippen LogP contribution in [0.15, 0.2) is 12.7 Å². The van der Waals surface area contributed by atoms with Crippen LogP contribution in [0, 0.1) is 5.92 Å². The third-order valence-corrected chi connectivity index (χ3v) is 2.89. The van der Waals surface area contributed by atoms with E-state index in [-0.39, 0.29) is 0 Å². The van der Waals surface area contributed by atoms with Crippen molar-refractivity contribution in [3.05, 3.63) is 12.7 Å². The number of aromatic nitrogens is 3. The first kappa shape index (κ1) is 10.3. The van der Waals surface area contributed by atoms with Crippen LogP contribution < -0.4 is 4.74 Å². The minimum Gasteiger partial charge on any atom is -0.463 e. The van der Waals surface area contributed by atoms with Gasteiger partial charge in [0.25, 0.3) is 0 Å². The molecule has 4 nitrogen and oxygen atoms in total. The van der Waals surface area contributed by atoms with Crippen molar-refractivity contribution in [3.63, 3.8) is 0 Å². The molecule has 0 bridgehead atoms. The molecule has 1 aliphatic rings. The molecule has 0 aromatic carbocycles. The second-order valence-electron chi connectivity index (χ2n) is 4.09. The molecule has 1 heterocycles. The van der Waals surface area contributed by atoms with E-state index in [1.807, 2.05) is 0 Å². The molecule has 0 spiro atoms. The smallest absolute Gasteiger partial charge is 0.319 e. The molecule has 15 heavy (non-hydrogen) atoms. The highest BCUT2D eigenvalue weighted by molar-refractivity contribution is 4.87. The van der Waals surface area contributed by atoms with E-state index in [9.17, 15) is 0 Å². The Hall–Kier alpha value is -1.19. The fraction of sp³-hybridized carbons (Fsp3) is 0.727. The standard InChI is InChI=1S/C11H17N3O/c1-2-4-6-10(5-3-1)7-15-11-13-8-12-9-14-11/h8-10H,1-7H2. The Balaban J connectivity index is 1.77. The molecule has 0 atom stereocenters.